The van der Waals surface area contributed by atoms with Crippen molar-refractivity contribution in [2.75, 3.05) is 6.54 Å². The number of rotatable bonds is 2. The third kappa shape index (κ3) is 20.2. The van der Waals surface area contributed by atoms with E-state index >= 15 is 0 Å². The molecule has 0 saturated heterocycles. The van der Waals surface area contributed by atoms with Crippen molar-refractivity contribution in [1.82, 2.24) is 0 Å². The van der Waals surface area contributed by atoms with Gasteiger partial charge < -0.3 is 5.73 Å². The molecule has 0 bridgehead atoms. The topological polar surface area (TPSA) is 26.0 Å². The first-order valence-electron chi connectivity index (χ1n) is 2.12. The Balaban J connectivity index is -0.0000000800. The maximum atomic E-state index is 5.14. The lowest BCUT2D eigenvalue weighted by Crippen LogP contribution is -1.95. The lowest BCUT2D eigenvalue weighted by atomic mass is 10.3. The van der Waals surface area contributed by atoms with Crippen LogP contribution in [0.1, 0.15) is 19.8 Å². The van der Waals surface area contributed by atoms with Crippen LogP contribution in [0.4, 0.5) is 0 Å². The Labute approximate surface area is 61.8 Å². The van der Waals surface area contributed by atoms with Crippen LogP contribution in [-0.2, 0) is 0 Å². The number of nitrogens with two attached hydrogens (primary N) is 1. The first-order chi connectivity index (χ1) is 2.41. The van der Waals surface area contributed by atoms with E-state index in [0.29, 0.717) is 0 Å². The first kappa shape index (κ1) is 15.6. The highest BCUT2D eigenvalue weighted by atomic mass is 79.9. The normalized spacial score (nSPS) is 6.00. The minimum Gasteiger partial charge on any atom is -0.330 e. The highest BCUT2D eigenvalue weighted by molar-refractivity contribution is 8.93. The van der Waals surface area contributed by atoms with Gasteiger partial charge in [-0.15, -0.1) is 29.4 Å². The smallest absolute Gasteiger partial charge is 0.00774 e. The van der Waals surface area contributed by atoms with Crippen LogP contribution in [0, 0.1) is 0 Å². The fourth-order valence-electron chi connectivity index (χ4n) is 0.204. The van der Waals surface area contributed by atoms with E-state index in [0.717, 1.165) is 6.54 Å². The van der Waals surface area contributed by atoms with Crippen LogP contribution >= 0.6 is 29.4 Å². The number of unbranched alkanes of at least 4 members (excludes halogenated alkanes) is 1. The summed E-state index contributed by atoms with van der Waals surface area (Å²) < 4.78 is 0. The molecule has 1 nitrogen and oxygen atoms in total. The number of hydrogen-bond donors (Lipinski definition) is 1. The molecule has 0 aliphatic rings. The number of hydrogen-bond acceptors (Lipinski definition) is 1. The fourth-order valence-corrected chi connectivity index (χ4v) is 0.204. The van der Waals surface area contributed by atoms with Crippen molar-refractivity contribution in [3.05, 3.63) is 0 Å². The summed E-state index contributed by atoms with van der Waals surface area (Å²) in [4.78, 5) is 0. The zero-order chi connectivity index (χ0) is 4.12. The van der Waals surface area contributed by atoms with Gasteiger partial charge in [-0.25, -0.2) is 0 Å². The molecule has 7 heavy (non-hydrogen) atoms. The van der Waals surface area contributed by atoms with Gasteiger partial charge in [0.2, 0.25) is 0 Å². The van der Waals surface area contributed by atoms with Gasteiger partial charge in [-0.1, -0.05) is 13.3 Å². The Kier molecular flexibility index (Phi) is 35.5. The molecule has 0 rings (SSSR count). The highest BCUT2D eigenvalue weighted by Gasteiger charge is 1.67. The van der Waals surface area contributed by atoms with Crippen molar-refractivity contribution in [2.45, 2.75) is 19.8 Å². The summed E-state index contributed by atoms with van der Waals surface area (Å²) in [6.45, 7) is 2.98. The van der Waals surface area contributed by atoms with Crippen molar-refractivity contribution in [2.24, 2.45) is 5.73 Å². The molecule has 0 aromatic rings. The quantitative estimate of drug-likeness (QED) is 0.705. The van der Waals surface area contributed by atoms with Crippen molar-refractivity contribution >= 4 is 29.4 Å². The second kappa shape index (κ2) is 15.9. The second-order valence-electron chi connectivity index (χ2n) is 1.14. The van der Waals surface area contributed by atoms with Crippen LogP contribution < -0.4 is 5.73 Å². The Bertz CT molecular complexity index is 19.2. The zero-order valence-corrected chi connectivity index (χ0v) is 7.04. The molecule has 0 aromatic carbocycles. The first-order valence-corrected chi connectivity index (χ1v) is 2.12. The van der Waals surface area contributed by atoms with E-state index in [2.05, 4.69) is 6.92 Å². The predicted octanol–water partition coefficient (Wildman–Crippen LogP) is 1.74. The number of halogens is 2. The molecule has 3 heteroatoms. The van der Waals surface area contributed by atoms with Crippen molar-refractivity contribution in [1.29, 1.82) is 0 Å². The largest absolute Gasteiger partial charge is 0.330 e. The van der Waals surface area contributed by atoms with Gasteiger partial charge in [0.05, 0.1) is 0 Å². The lowest BCUT2D eigenvalue weighted by molar-refractivity contribution is 0.807. The van der Waals surface area contributed by atoms with Crippen molar-refractivity contribution < 1.29 is 0 Å². The third-order valence-corrected chi connectivity index (χ3v) is 0.558. The van der Waals surface area contributed by atoms with Crippen molar-refractivity contribution in [3.8, 4) is 0 Å². The van der Waals surface area contributed by atoms with Gasteiger partial charge in [0.1, 0.15) is 0 Å². The molecule has 0 heterocycles. The maximum Gasteiger partial charge on any atom is -0.00774 e. The molecule has 2 N–H and O–H groups in total. The summed E-state index contributed by atoms with van der Waals surface area (Å²) in [6, 6.07) is 0. The molecule has 0 spiro atoms. The van der Waals surface area contributed by atoms with Gasteiger partial charge in [0.15, 0.2) is 0 Å². The maximum absolute atomic E-state index is 5.14. The molecule has 0 aromatic heterocycles. The fraction of sp³-hybridized carbons (Fsp3) is 1.00. The summed E-state index contributed by atoms with van der Waals surface area (Å²) in [7, 11) is 0. The minimum absolute atomic E-state index is 0. The van der Waals surface area contributed by atoms with E-state index in [1.54, 1.807) is 0 Å². The van der Waals surface area contributed by atoms with Gasteiger partial charge >= 0.3 is 0 Å². The molecule has 0 aliphatic heterocycles. The molecule has 48 valence electrons. The minimum atomic E-state index is 0. The molecule has 0 fully saturated rings. The summed E-state index contributed by atoms with van der Waals surface area (Å²) in [5.41, 5.74) is 5.14. The average molecular weight is 191 g/mol. The van der Waals surface area contributed by atoms with Crippen LogP contribution in [0.5, 0.6) is 0 Å². The highest BCUT2D eigenvalue weighted by Crippen LogP contribution is 1.77. The summed E-state index contributed by atoms with van der Waals surface area (Å²) in [5.74, 6) is 0. The van der Waals surface area contributed by atoms with E-state index in [-0.39, 0.29) is 29.4 Å². The van der Waals surface area contributed by atoms with Crippen LogP contribution in [-0.4, -0.2) is 6.54 Å². The molecular formula is C4H13BrClN. The molecular weight excluding hydrogens is 177 g/mol. The molecule has 0 amide bonds. The van der Waals surface area contributed by atoms with E-state index < -0.39 is 0 Å². The third-order valence-electron chi connectivity index (χ3n) is 0.558. The van der Waals surface area contributed by atoms with Crippen LogP contribution in [0.3, 0.4) is 0 Å². The van der Waals surface area contributed by atoms with Gasteiger partial charge in [-0.3, -0.25) is 0 Å². The van der Waals surface area contributed by atoms with Crippen LogP contribution in [0.25, 0.3) is 0 Å². The Morgan fingerprint density at radius 1 is 1.43 bits per heavy atom. The standard InChI is InChI=1S/C4H11N.BrH.ClH/c1-2-3-4-5;;/h2-5H2,1H3;2*1H. The Morgan fingerprint density at radius 2 is 1.86 bits per heavy atom. The molecule has 0 radical (unpaired) electrons. The van der Waals surface area contributed by atoms with E-state index in [1.165, 1.54) is 12.8 Å². The summed E-state index contributed by atoms with van der Waals surface area (Å²) in [6.07, 6.45) is 2.39. The van der Waals surface area contributed by atoms with E-state index in [4.69, 9.17) is 5.73 Å². The molecule has 0 unspecified atom stereocenters. The molecule has 0 saturated carbocycles. The van der Waals surface area contributed by atoms with Crippen molar-refractivity contribution in [3.63, 3.8) is 0 Å². The Morgan fingerprint density at radius 3 is 1.86 bits per heavy atom. The zero-order valence-electron chi connectivity index (χ0n) is 4.52. The van der Waals surface area contributed by atoms with Crippen LogP contribution in [0.2, 0.25) is 0 Å². The van der Waals surface area contributed by atoms with E-state index in [1.807, 2.05) is 0 Å². The Hall–Kier alpha value is 0.730. The lowest BCUT2D eigenvalue weighted by Gasteiger charge is -1.80. The second-order valence-corrected chi connectivity index (χ2v) is 1.14. The van der Waals surface area contributed by atoms with E-state index in [9.17, 15) is 0 Å². The average Bonchev–Trinajstić information content (AvgIpc) is 1.41. The van der Waals surface area contributed by atoms with Crippen LogP contribution in [0.15, 0.2) is 0 Å². The monoisotopic (exact) mass is 189 g/mol. The van der Waals surface area contributed by atoms with Gasteiger partial charge in [-0.05, 0) is 13.0 Å². The van der Waals surface area contributed by atoms with Gasteiger partial charge in [-0.2, -0.15) is 0 Å². The molecule has 0 aliphatic carbocycles. The molecule has 0 atom stereocenters. The van der Waals surface area contributed by atoms with Gasteiger partial charge in [0.25, 0.3) is 0 Å². The SMILES string of the molecule is Br.CCCCN.Cl. The summed E-state index contributed by atoms with van der Waals surface area (Å²) >= 11 is 0. The van der Waals surface area contributed by atoms with Gasteiger partial charge in [0, 0.05) is 0 Å². The predicted molar refractivity (Wildman–Crippen MR) is 41.5 cm³/mol. The summed E-state index contributed by atoms with van der Waals surface area (Å²) in [5, 5.41) is 0.